The maximum absolute atomic E-state index is 13.1. The zero-order chi connectivity index (χ0) is 10.1. The summed E-state index contributed by atoms with van der Waals surface area (Å²) in [5.41, 5.74) is 0. The van der Waals surface area contributed by atoms with Crippen molar-refractivity contribution in [2.24, 2.45) is 11.8 Å². The highest BCUT2D eigenvalue weighted by molar-refractivity contribution is 4.99. The van der Waals surface area contributed by atoms with Crippen molar-refractivity contribution in [1.82, 2.24) is 9.55 Å². The van der Waals surface area contributed by atoms with Crippen LogP contribution in [-0.4, -0.2) is 9.55 Å². The molecule has 3 heteroatoms. The van der Waals surface area contributed by atoms with Crippen LogP contribution in [0, 0.1) is 17.8 Å². The largest absolute Gasteiger partial charge is 0.305 e. The third-order valence-corrected chi connectivity index (χ3v) is 2.93. The van der Waals surface area contributed by atoms with Gasteiger partial charge in [-0.05, 0) is 24.7 Å². The van der Waals surface area contributed by atoms with Crippen LogP contribution in [0.3, 0.4) is 0 Å². The minimum atomic E-state index is -0.178. The van der Waals surface area contributed by atoms with Gasteiger partial charge in [-0.3, -0.25) is 0 Å². The summed E-state index contributed by atoms with van der Waals surface area (Å²) >= 11 is 0. The zero-order valence-electron chi connectivity index (χ0n) is 8.83. The van der Waals surface area contributed by atoms with E-state index in [0.717, 1.165) is 31.1 Å². The molecular weight excluding hydrogens is 179 g/mol. The van der Waals surface area contributed by atoms with Gasteiger partial charge >= 0.3 is 0 Å². The minimum absolute atomic E-state index is 0.178. The molecule has 2 rings (SSSR count). The van der Waals surface area contributed by atoms with Crippen molar-refractivity contribution in [2.45, 2.75) is 39.7 Å². The van der Waals surface area contributed by atoms with Crippen LogP contribution in [-0.2, 0) is 13.0 Å². The van der Waals surface area contributed by atoms with E-state index in [9.17, 15) is 4.39 Å². The molecule has 1 aromatic rings. The number of imidazole rings is 1. The second kappa shape index (κ2) is 3.71. The number of nitrogens with zero attached hydrogens (tertiary/aromatic N) is 2. The molecule has 0 radical (unpaired) electrons. The molecule has 0 fully saturated rings. The molecule has 0 saturated carbocycles. The third kappa shape index (κ3) is 1.81. The standard InChI is InChI=1S/C11H17FN2/c1-8(2)5-9-3-4-14-10(12)7-13-11(14)6-9/h7-9H,3-6H2,1-2H3. The van der Waals surface area contributed by atoms with E-state index in [0.29, 0.717) is 5.92 Å². The molecule has 1 atom stereocenters. The van der Waals surface area contributed by atoms with Gasteiger partial charge in [0.15, 0.2) is 0 Å². The fourth-order valence-electron chi connectivity index (χ4n) is 2.33. The molecule has 1 aliphatic rings. The molecule has 0 aromatic carbocycles. The van der Waals surface area contributed by atoms with Crippen molar-refractivity contribution in [3.63, 3.8) is 0 Å². The van der Waals surface area contributed by atoms with Gasteiger partial charge in [-0.15, -0.1) is 0 Å². The first kappa shape index (κ1) is 9.69. The zero-order valence-corrected chi connectivity index (χ0v) is 8.83. The van der Waals surface area contributed by atoms with Crippen LogP contribution in [0.5, 0.6) is 0 Å². The van der Waals surface area contributed by atoms with E-state index in [-0.39, 0.29) is 5.95 Å². The molecule has 0 saturated heterocycles. The van der Waals surface area contributed by atoms with E-state index >= 15 is 0 Å². The van der Waals surface area contributed by atoms with Gasteiger partial charge in [0.05, 0.1) is 6.20 Å². The van der Waals surface area contributed by atoms with Crippen LogP contribution in [0.15, 0.2) is 6.20 Å². The number of hydrogen-bond donors (Lipinski definition) is 0. The summed E-state index contributed by atoms with van der Waals surface area (Å²) in [4.78, 5) is 4.10. The molecule has 1 aromatic heterocycles. The van der Waals surface area contributed by atoms with Gasteiger partial charge in [0.2, 0.25) is 5.95 Å². The van der Waals surface area contributed by atoms with Crippen molar-refractivity contribution >= 4 is 0 Å². The van der Waals surface area contributed by atoms with E-state index in [1.165, 1.54) is 12.6 Å². The SMILES string of the molecule is CC(C)CC1CCn2c(F)cnc2C1. The summed E-state index contributed by atoms with van der Waals surface area (Å²) in [5.74, 6) is 2.18. The lowest BCUT2D eigenvalue weighted by molar-refractivity contribution is 0.308. The fourth-order valence-corrected chi connectivity index (χ4v) is 2.33. The van der Waals surface area contributed by atoms with Crippen molar-refractivity contribution < 1.29 is 4.39 Å². The van der Waals surface area contributed by atoms with E-state index < -0.39 is 0 Å². The highest BCUT2D eigenvalue weighted by atomic mass is 19.1. The van der Waals surface area contributed by atoms with Crippen molar-refractivity contribution in [3.8, 4) is 0 Å². The molecule has 14 heavy (non-hydrogen) atoms. The first-order valence-electron chi connectivity index (χ1n) is 5.36. The average molecular weight is 196 g/mol. The number of fused-ring (bicyclic) bond motifs is 1. The Morgan fingerprint density at radius 2 is 2.43 bits per heavy atom. The number of halogens is 1. The Morgan fingerprint density at radius 3 is 3.14 bits per heavy atom. The molecule has 2 nitrogen and oxygen atoms in total. The summed E-state index contributed by atoms with van der Waals surface area (Å²) in [6.45, 7) is 5.28. The first-order valence-corrected chi connectivity index (χ1v) is 5.36. The normalized spacial score (nSPS) is 21.3. The van der Waals surface area contributed by atoms with E-state index in [4.69, 9.17) is 0 Å². The molecule has 2 heterocycles. The monoisotopic (exact) mass is 196 g/mol. The van der Waals surface area contributed by atoms with Gasteiger partial charge in [-0.1, -0.05) is 13.8 Å². The minimum Gasteiger partial charge on any atom is -0.305 e. The van der Waals surface area contributed by atoms with Gasteiger partial charge in [0.1, 0.15) is 5.82 Å². The number of hydrogen-bond acceptors (Lipinski definition) is 1. The Morgan fingerprint density at radius 1 is 1.64 bits per heavy atom. The number of aromatic nitrogens is 2. The van der Waals surface area contributed by atoms with Crippen LogP contribution >= 0.6 is 0 Å². The van der Waals surface area contributed by atoms with Crippen molar-refractivity contribution in [3.05, 3.63) is 18.0 Å². The molecular formula is C11H17FN2. The molecule has 1 aliphatic heterocycles. The van der Waals surface area contributed by atoms with E-state index in [1.807, 2.05) is 0 Å². The quantitative estimate of drug-likeness (QED) is 0.711. The summed E-state index contributed by atoms with van der Waals surface area (Å²) in [6, 6.07) is 0. The second-order valence-corrected chi connectivity index (χ2v) is 4.64. The molecule has 0 aliphatic carbocycles. The van der Waals surface area contributed by atoms with Crippen molar-refractivity contribution in [2.75, 3.05) is 0 Å². The second-order valence-electron chi connectivity index (χ2n) is 4.64. The van der Waals surface area contributed by atoms with Crippen molar-refractivity contribution in [1.29, 1.82) is 0 Å². The Labute approximate surface area is 84.1 Å². The summed E-state index contributed by atoms with van der Waals surface area (Å²) in [6.07, 6.45) is 4.61. The summed E-state index contributed by atoms with van der Waals surface area (Å²) < 4.78 is 14.8. The molecule has 1 unspecified atom stereocenters. The van der Waals surface area contributed by atoms with Crippen LogP contribution < -0.4 is 0 Å². The predicted octanol–water partition coefficient (Wildman–Crippen LogP) is 2.63. The Kier molecular flexibility index (Phi) is 2.57. The maximum Gasteiger partial charge on any atom is 0.213 e. The Bertz CT molecular complexity index is 317. The lowest BCUT2D eigenvalue weighted by Crippen LogP contribution is -2.21. The third-order valence-electron chi connectivity index (χ3n) is 2.93. The van der Waals surface area contributed by atoms with Gasteiger partial charge < -0.3 is 4.57 Å². The fraction of sp³-hybridized carbons (Fsp3) is 0.727. The summed E-state index contributed by atoms with van der Waals surface area (Å²) in [7, 11) is 0. The average Bonchev–Trinajstić information content (AvgIpc) is 2.46. The maximum atomic E-state index is 13.1. The lowest BCUT2D eigenvalue weighted by Gasteiger charge is -2.24. The summed E-state index contributed by atoms with van der Waals surface area (Å²) in [5, 5.41) is 0. The molecule has 0 N–H and O–H groups in total. The topological polar surface area (TPSA) is 17.8 Å². The van der Waals surface area contributed by atoms with Gasteiger partial charge in [0.25, 0.3) is 0 Å². The highest BCUT2D eigenvalue weighted by Crippen LogP contribution is 2.25. The Hall–Kier alpha value is -0.860. The molecule has 0 amide bonds. The first-order chi connectivity index (χ1) is 6.66. The molecule has 0 bridgehead atoms. The number of rotatable bonds is 2. The van der Waals surface area contributed by atoms with Crippen LogP contribution in [0.2, 0.25) is 0 Å². The lowest BCUT2D eigenvalue weighted by atomic mass is 9.89. The smallest absolute Gasteiger partial charge is 0.213 e. The van der Waals surface area contributed by atoms with Crippen LogP contribution in [0.1, 0.15) is 32.5 Å². The molecule has 0 spiro atoms. The van der Waals surface area contributed by atoms with Gasteiger partial charge in [0, 0.05) is 13.0 Å². The van der Waals surface area contributed by atoms with Gasteiger partial charge in [-0.2, -0.15) is 4.39 Å². The van der Waals surface area contributed by atoms with Crippen LogP contribution in [0.4, 0.5) is 4.39 Å². The van der Waals surface area contributed by atoms with E-state index in [1.54, 1.807) is 4.57 Å². The highest BCUT2D eigenvalue weighted by Gasteiger charge is 2.22. The molecule has 78 valence electrons. The van der Waals surface area contributed by atoms with E-state index in [2.05, 4.69) is 18.8 Å². The predicted molar refractivity (Wildman–Crippen MR) is 53.5 cm³/mol. The van der Waals surface area contributed by atoms with Gasteiger partial charge in [-0.25, -0.2) is 4.98 Å². The Balaban J connectivity index is 2.06. The van der Waals surface area contributed by atoms with Crippen LogP contribution in [0.25, 0.3) is 0 Å².